The third-order valence-corrected chi connectivity index (χ3v) is 4.63. The number of rotatable bonds is 6. The van der Waals surface area contributed by atoms with Crippen molar-refractivity contribution in [2.24, 2.45) is 11.3 Å². The van der Waals surface area contributed by atoms with Gasteiger partial charge in [-0.05, 0) is 44.3 Å². The summed E-state index contributed by atoms with van der Waals surface area (Å²) in [5, 5.41) is 9.93. The molecule has 1 aromatic rings. The van der Waals surface area contributed by atoms with Crippen LogP contribution in [0.2, 0.25) is 0 Å². The summed E-state index contributed by atoms with van der Waals surface area (Å²) in [5.41, 5.74) is -0.383. The molecule has 1 fully saturated rings. The van der Waals surface area contributed by atoms with Crippen LogP contribution in [0, 0.1) is 16.1 Å². The van der Waals surface area contributed by atoms with Gasteiger partial charge in [-0.1, -0.05) is 13.8 Å². The van der Waals surface area contributed by atoms with Crippen molar-refractivity contribution in [2.75, 3.05) is 13.2 Å². The van der Waals surface area contributed by atoms with Gasteiger partial charge in [-0.15, -0.1) is 0 Å². The molecule has 2 N–H and O–H groups in total. The first kappa shape index (κ1) is 17.1. The first-order valence-electron chi connectivity index (χ1n) is 7.94. The first-order valence-corrected chi connectivity index (χ1v) is 8.35. The van der Waals surface area contributed by atoms with Gasteiger partial charge in [0.25, 0.3) is 0 Å². The van der Waals surface area contributed by atoms with Crippen molar-refractivity contribution in [2.45, 2.75) is 53.1 Å². The molecule has 1 aliphatic heterocycles. The summed E-state index contributed by atoms with van der Waals surface area (Å²) in [6.45, 7) is 8.79. The molecule has 7 heteroatoms. The number of aromatic nitrogens is 3. The second-order valence-corrected chi connectivity index (χ2v) is 6.90. The van der Waals surface area contributed by atoms with E-state index in [1.54, 1.807) is 0 Å². The highest BCUT2D eigenvalue weighted by atomic mass is 32.1. The van der Waals surface area contributed by atoms with Crippen LogP contribution in [0.5, 0.6) is 0 Å². The Labute approximate surface area is 136 Å². The maximum atomic E-state index is 12.5. The Balaban J connectivity index is 1.90. The zero-order valence-electron chi connectivity index (χ0n) is 13.6. The lowest BCUT2D eigenvalue weighted by Crippen LogP contribution is -2.39. The summed E-state index contributed by atoms with van der Waals surface area (Å²) in [7, 11) is 0. The van der Waals surface area contributed by atoms with Gasteiger partial charge in [-0.2, -0.15) is 5.10 Å². The van der Waals surface area contributed by atoms with E-state index in [2.05, 4.69) is 15.5 Å². The number of ether oxygens (including phenoxy) is 1. The van der Waals surface area contributed by atoms with Crippen LogP contribution in [0.1, 0.15) is 45.9 Å². The van der Waals surface area contributed by atoms with E-state index >= 15 is 0 Å². The summed E-state index contributed by atoms with van der Waals surface area (Å²) >= 11 is 5.15. The Bertz CT molecular complexity index is 558. The molecule has 0 saturated carbocycles. The molecule has 1 saturated heterocycles. The highest BCUT2D eigenvalue weighted by molar-refractivity contribution is 7.71. The second kappa shape index (κ2) is 7.37. The normalized spacial score (nSPS) is 16.7. The Morgan fingerprint density at radius 1 is 1.50 bits per heavy atom. The van der Waals surface area contributed by atoms with Gasteiger partial charge in [0.15, 0.2) is 10.6 Å². The Morgan fingerprint density at radius 2 is 2.18 bits per heavy atom. The number of carbonyl (C=O) groups excluding carboxylic acids is 1. The summed E-state index contributed by atoms with van der Waals surface area (Å²) in [6.07, 6.45) is 2.99. The minimum Gasteiger partial charge on any atom is -0.381 e. The largest absolute Gasteiger partial charge is 0.381 e. The number of H-pyrrole nitrogens is 1. The van der Waals surface area contributed by atoms with Crippen molar-refractivity contribution in [3.63, 3.8) is 0 Å². The monoisotopic (exact) mass is 326 g/mol. The molecule has 22 heavy (non-hydrogen) atoms. The highest BCUT2D eigenvalue weighted by Crippen LogP contribution is 2.31. The SMILES string of the molecule is CCn1c(CNC(=O)C(C)(C)CC2CCOCC2)n[nH]c1=S. The van der Waals surface area contributed by atoms with Gasteiger partial charge in [-0.3, -0.25) is 9.89 Å². The smallest absolute Gasteiger partial charge is 0.226 e. The molecule has 0 atom stereocenters. The van der Waals surface area contributed by atoms with E-state index in [-0.39, 0.29) is 11.3 Å². The zero-order chi connectivity index (χ0) is 16.2. The number of hydrogen-bond donors (Lipinski definition) is 2. The second-order valence-electron chi connectivity index (χ2n) is 6.52. The molecule has 1 aliphatic rings. The fourth-order valence-electron chi connectivity index (χ4n) is 2.97. The highest BCUT2D eigenvalue weighted by Gasteiger charge is 2.31. The minimum absolute atomic E-state index is 0.0653. The summed E-state index contributed by atoms with van der Waals surface area (Å²) in [6, 6.07) is 0. The molecule has 0 aromatic carbocycles. The van der Waals surface area contributed by atoms with E-state index in [1.807, 2.05) is 25.3 Å². The van der Waals surface area contributed by atoms with Crippen LogP contribution in [0.15, 0.2) is 0 Å². The van der Waals surface area contributed by atoms with Crippen LogP contribution < -0.4 is 5.32 Å². The average Bonchev–Trinajstić information content (AvgIpc) is 2.85. The predicted molar refractivity (Wildman–Crippen MR) is 86.9 cm³/mol. The summed E-state index contributed by atoms with van der Waals surface area (Å²) in [5.74, 6) is 1.40. The van der Waals surface area contributed by atoms with Crippen molar-refractivity contribution < 1.29 is 9.53 Å². The molecule has 0 spiro atoms. The third kappa shape index (κ3) is 4.16. The maximum Gasteiger partial charge on any atom is 0.226 e. The van der Waals surface area contributed by atoms with Crippen molar-refractivity contribution in [3.05, 3.63) is 10.6 Å². The van der Waals surface area contributed by atoms with Gasteiger partial charge in [0, 0.05) is 25.2 Å². The number of nitrogens with one attached hydrogen (secondary N) is 2. The fourth-order valence-corrected chi connectivity index (χ4v) is 3.25. The predicted octanol–water partition coefficient (Wildman–Crippen LogP) is 2.42. The van der Waals surface area contributed by atoms with E-state index in [1.165, 1.54) is 0 Å². The number of amides is 1. The standard InChI is InChI=1S/C15H26N4O2S/c1-4-19-12(17-18-14(19)22)10-16-13(20)15(2,3)9-11-5-7-21-8-6-11/h11H,4-10H2,1-3H3,(H,16,20)(H,18,22). The quantitative estimate of drug-likeness (QED) is 0.788. The van der Waals surface area contributed by atoms with E-state index in [0.717, 1.165) is 44.8 Å². The van der Waals surface area contributed by atoms with Crippen LogP contribution in [0.25, 0.3) is 0 Å². The number of hydrogen-bond acceptors (Lipinski definition) is 4. The van der Waals surface area contributed by atoms with Gasteiger partial charge in [0.2, 0.25) is 5.91 Å². The molecular weight excluding hydrogens is 300 g/mol. The van der Waals surface area contributed by atoms with Crippen molar-refractivity contribution >= 4 is 18.1 Å². The van der Waals surface area contributed by atoms with Crippen molar-refractivity contribution in [1.29, 1.82) is 0 Å². The summed E-state index contributed by atoms with van der Waals surface area (Å²) in [4.78, 5) is 12.5. The fraction of sp³-hybridized carbons (Fsp3) is 0.800. The van der Waals surface area contributed by atoms with Gasteiger partial charge < -0.3 is 14.6 Å². The molecule has 0 unspecified atom stereocenters. The van der Waals surface area contributed by atoms with Crippen molar-refractivity contribution in [3.8, 4) is 0 Å². The average molecular weight is 326 g/mol. The molecule has 2 heterocycles. The maximum absolute atomic E-state index is 12.5. The third-order valence-electron chi connectivity index (χ3n) is 4.32. The first-order chi connectivity index (χ1) is 10.4. The Hall–Kier alpha value is -1.21. The molecule has 124 valence electrons. The lowest BCUT2D eigenvalue weighted by Gasteiger charge is -2.30. The molecule has 0 aliphatic carbocycles. The zero-order valence-corrected chi connectivity index (χ0v) is 14.5. The topological polar surface area (TPSA) is 71.9 Å². The molecule has 0 radical (unpaired) electrons. The van der Waals surface area contributed by atoms with Gasteiger partial charge >= 0.3 is 0 Å². The summed E-state index contributed by atoms with van der Waals surface area (Å²) < 4.78 is 7.86. The van der Waals surface area contributed by atoms with Crippen LogP contribution in [-0.2, 0) is 22.6 Å². The number of carbonyl (C=O) groups is 1. The lowest BCUT2D eigenvalue weighted by atomic mass is 9.79. The molecule has 6 nitrogen and oxygen atoms in total. The van der Waals surface area contributed by atoms with Crippen molar-refractivity contribution in [1.82, 2.24) is 20.1 Å². The molecule has 2 rings (SSSR count). The van der Waals surface area contributed by atoms with E-state index in [4.69, 9.17) is 17.0 Å². The van der Waals surface area contributed by atoms with E-state index in [0.29, 0.717) is 17.2 Å². The minimum atomic E-state index is -0.383. The Morgan fingerprint density at radius 3 is 2.82 bits per heavy atom. The van der Waals surface area contributed by atoms with Crippen LogP contribution in [-0.4, -0.2) is 33.9 Å². The van der Waals surface area contributed by atoms with Gasteiger partial charge in [-0.25, -0.2) is 0 Å². The van der Waals surface area contributed by atoms with Crippen LogP contribution in [0.4, 0.5) is 0 Å². The molecular formula is C15H26N4O2S. The van der Waals surface area contributed by atoms with Crippen LogP contribution >= 0.6 is 12.2 Å². The Kier molecular flexibility index (Phi) is 5.74. The number of aromatic amines is 1. The number of nitrogens with zero attached hydrogens (tertiary/aromatic N) is 2. The lowest BCUT2D eigenvalue weighted by molar-refractivity contribution is -0.130. The van der Waals surface area contributed by atoms with Crippen LogP contribution in [0.3, 0.4) is 0 Å². The van der Waals surface area contributed by atoms with E-state index in [9.17, 15) is 4.79 Å². The molecule has 1 amide bonds. The van der Waals surface area contributed by atoms with E-state index < -0.39 is 0 Å². The molecule has 0 bridgehead atoms. The molecule has 1 aromatic heterocycles. The van der Waals surface area contributed by atoms with Gasteiger partial charge in [0.1, 0.15) is 0 Å². The van der Waals surface area contributed by atoms with Gasteiger partial charge in [0.05, 0.1) is 6.54 Å².